The normalized spacial score (nSPS) is 12.8. The van der Waals surface area contributed by atoms with Gasteiger partial charge in [0, 0.05) is 5.56 Å². The number of carbonyl (C=O) groups is 2. The Morgan fingerprint density at radius 1 is 1.24 bits per heavy atom. The third-order valence-corrected chi connectivity index (χ3v) is 2.45. The number of carboxylic acids is 1. The summed E-state index contributed by atoms with van der Waals surface area (Å²) in [6.45, 7) is 0. The number of aliphatic carboxylic acids is 1. The summed E-state index contributed by atoms with van der Waals surface area (Å²) >= 11 is 0. The van der Waals surface area contributed by atoms with Crippen molar-refractivity contribution in [2.75, 3.05) is 0 Å². The molecule has 4 nitrogen and oxygen atoms in total. The van der Waals surface area contributed by atoms with Crippen molar-refractivity contribution in [3.05, 3.63) is 35.4 Å². The Morgan fingerprint density at radius 2 is 1.86 bits per heavy atom. The van der Waals surface area contributed by atoms with Crippen LogP contribution in [-0.4, -0.2) is 29.2 Å². The third kappa shape index (κ3) is 5.36. The van der Waals surface area contributed by atoms with Gasteiger partial charge >= 0.3 is 12.1 Å². The van der Waals surface area contributed by atoms with Crippen molar-refractivity contribution in [3.8, 4) is 0 Å². The topological polar surface area (TPSA) is 66.4 Å². The number of amides is 1. The minimum atomic E-state index is -4.79. The standard InChI is InChI=1S/C12H10F5NO3/c13-7-3-1-2-6(10(7)14)4-9(19)18-8(11(20)21)5-12(15,16)17/h1-3,8H,4-5H2,(H,18,19)(H,20,21). The molecular formula is C12H10F5NO3. The maximum atomic E-state index is 13.3. The van der Waals surface area contributed by atoms with E-state index in [0.29, 0.717) is 0 Å². The molecule has 0 saturated carbocycles. The van der Waals surface area contributed by atoms with Crippen LogP contribution < -0.4 is 5.32 Å². The van der Waals surface area contributed by atoms with Gasteiger partial charge in [0.1, 0.15) is 6.04 Å². The van der Waals surface area contributed by atoms with Gasteiger partial charge in [-0.2, -0.15) is 13.2 Å². The molecule has 0 radical (unpaired) electrons. The number of carboxylic acid groups (broad SMARTS) is 1. The zero-order valence-electron chi connectivity index (χ0n) is 10.4. The first-order chi connectivity index (χ1) is 9.60. The van der Waals surface area contributed by atoms with Crippen molar-refractivity contribution < 1.29 is 36.6 Å². The van der Waals surface area contributed by atoms with Crippen LogP contribution in [0, 0.1) is 11.6 Å². The highest BCUT2D eigenvalue weighted by atomic mass is 19.4. The molecule has 0 aliphatic carbocycles. The molecule has 1 aromatic rings. The fourth-order valence-corrected chi connectivity index (χ4v) is 1.53. The van der Waals surface area contributed by atoms with Gasteiger partial charge in [-0.05, 0) is 6.07 Å². The summed E-state index contributed by atoms with van der Waals surface area (Å²) in [7, 11) is 0. The van der Waals surface area contributed by atoms with Crippen LogP contribution in [0.3, 0.4) is 0 Å². The summed E-state index contributed by atoms with van der Waals surface area (Å²) in [4.78, 5) is 22.1. The number of hydrogen-bond acceptors (Lipinski definition) is 2. The zero-order valence-corrected chi connectivity index (χ0v) is 10.4. The smallest absolute Gasteiger partial charge is 0.391 e. The molecule has 0 aliphatic rings. The van der Waals surface area contributed by atoms with Crippen LogP contribution in [0.25, 0.3) is 0 Å². The van der Waals surface area contributed by atoms with Crippen molar-refractivity contribution in [2.24, 2.45) is 0 Å². The largest absolute Gasteiger partial charge is 0.480 e. The van der Waals surface area contributed by atoms with Gasteiger partial charge in [0.05, 0.1) is 12.8 Å². The number of hydrogen-bond donors (Lipinski definition) is 2. The van der Waals surface area contributed by atoms with Crippen molar-refractivity contribution in [2.45, 2.75) is 25.1 Å². The summed E-state index contributed by atoms with van der Waals surface area (Å²) in [5.41, 5.74) is -0.386. The average Bonchev–Trinajstić information content (AvgIpc) is 2.32. The second-order valence-corrected chi connectivity index (χ2v) is 4.17. The molecule has 0 aromatic heterocycles. The molecule has 1 aromatic carbocycles. The van der Waals surface area contributed by atoms with E-state index in [4.69, 9.17) is 5.11 Å². The first-order valence-electron chi connectivity index (χ1n) is 5.62. The lowest BCUT2D eigenvalue weighted by Crippen LogP contribution is -2.44. The molecule has 0 saturated heterocycles. The van der Waals surface area contributed by atoms with Crippen molar-refractivity contribution in [1.82, 2.24) is 5.32 Å². The maximum Gasteiger partial charge on any atom is 0.391 e. The second-order valence-electron chi connectivity index (χ2n) is 4.17. The molecule has 21 heavy (non-hydrogen) atoms. The maximum absolute atomic E-state index is 13.3. The average molecular weight is 311 g/mol. The van der Waals surface area contributed by atoms with E-state index in [1.165, 1.54) is 0 Å². The van der Waals surface area contributed by atoms with Crippen LogP contribution in [0.1, 0.15) is 12.0 Å². The first kappa shape index (κ1) is 16.9. The van der Waals surface area contributed by atoms with E-state index in [-0.39, 0.29) is 5.56 Å². The van der Waals surface area contributed by atoms with Gasteiger partial charge in [-0.1, -0.05) is 12.1 Å². The van der Waals surface area contributed by atoms with Crippen LogP contribution in [-0.2, 0) is 16.0 Å². The van der Waals surface area contributed by atoms with E-state index in [1.54, 1.807) is 5.32 Å². The number of carbonyl (C=O) groups excluding carboxylic acids is 1. The minimum absolute atomic E-state index is 0.386. The lowest BCUT2D eigenvalue weighted by atomic mass is 10.1. The van der Waals surface area contributed by atoms with Gasteiger partial charge in [-0.15, -0.1) is 0 Å². The molecule has 1 rings (SSSR count). The Bertz CT molecular complexity index is 544. The van der Waals surface area contributed by atoms with Gasteiger partial charge in [0.2, 0.25) is 5.91 Å². The Labute approximate surface area is 115 Å². The summed E-state index contributed by atoms with van der Waals surface area (Å²) < 4.78 is 62.6. The van der Waals surface area contributed by atoms with Crippen molar-refractivity contribution in [3.63, 3.8) is 0 Å². The molecule has 2 N–H and O–H groups in total. The Balaban J connectivity index is 2.75. The predicted molar refractivity (Wildman–Crippen MR) is 60.3 cm³/mol. The van der Waals surface area contributed by atoms with Crippen LogP contribution >= 0.6 is 0 Å². The molecule has 1 unspecified atom stereocenters. The van der Waals surface area contributed by atoms with E-state index in [0.717, 1.165) is 18.2 Å². The number of nitrogens with one attached hydrogen (secondary N) is 1. The number of halogens is 5. The van der Waals surface area contributed by atoms with Crippen LogP contribution in [0.2, 0.25) is 0 Å². The summed E-state index contributed by atoms with van der Waals surface area (Å²) in [6.07, 6.45) is -7.33. The fraction of sp³-hybridized carbons (Fsp3) is 0.333. The number of rotatable bonds is 5. The Kier molecular flexibility index (Phi) is 5.23. The molecule has 0 spiro atoms. The Morgan fingerprint density at radius 3 is 2.38 bits per heavy atom. The fourth-order valence-electron chi connectivity index (χ4n) is 1.53. The van der Waals surface area contributed by atoms with Gasteiger partial charge in [0.25, 0.3) is 0 Å². The van der Waals surface area contributed by atoms with Gasteiger partial charge in [-0.3, -0.25) is 4.79 Å². The highest BCUT2D eigenvalue weighted by molar-refractivity contribution is 5.84. The van der Waals surface area contributed by atoms with E-state index in [1.807, 2.05) is 0 Å². The van der Waals surface area contributed by atoms with E-state index in [9.17, 15) is 31.5 Å². The SMILES string of the molecule is O=C(Cc1cccc(F)c1F)NC(CC(F)(F)F)C(=O)O. The lowest BCUT2D eigenvalue weighted by Gasteiger charge is -2.16. The quantitative estimate of drug-likeness (QED) is 0.818. The molecule has 116 valence electrons. The highest BCUT2D eigenvalue weighted by Crippen LogP contribution is 2.21. The molecule has 0 bridgehead atoms. The van der Waals surface area contributed by atoms with Gasteiger partial charge in [-0.25, -0.2) is 13.6 Å². The number of alkyl halides is 3. The van der Waals surface area contributed by atoms with Gasteiger partial charge < -0.3 is 10.4 Å². The zero-order chi connectivity index (χ0) is 16.2. The summed E-state index contributed by atoms with van der Waals surface area (Å²) in [5.74, 6) is -5.56. The second kappa shape index (κ2) is 6.51. The van der Waals surface area contributed by atoms with Crippen molar-refractivity contribution in [1.29, 1.82) is 0 Å². The molecular weight excluding hydrogens is 301 g/mol. The van der Waals surface area contributed by atoms with E-state index < -0.39 is 48.6 Å². The molecule has 1 atom stereocenters. The minimum Gasteiger partial charge on any atom is -0.480 e. The lowest BCUT2D eigenvalue weighted by molar-refractivity contribution is -0.159. The van der Waals surface area contributed by atoms with Gasteiger partial charge in [0.15, 0.2) is 11.6 Å². The molecule has 0 heterocycles. The third-order valence-electron chi connectivity index (χ3n) is 2.45. The molecule has 0 fully saturated rings. The number of benzene rings is 1. The monoisotopic (exact) mass is 311 g/mol. The summed E-state index contributed by atoms with van der Waals surface area (Å²) in [6, 6.07) is 0.803. The summed E-state index contributed by atoms with van der Waals surface area (Å²) in [5, 5.41) is 10.2. The molecule has 0 aliphatic heterocycles. The first-order valence-corrected chi connectivity index (χ1v) is 5.62. The van der Waals surface area contributed by atoms with Crippen LogP contribution in [0.4, 0.5) is 22.0 Å². The van der Waals surface area contributed by atoms with Crippen molar-refractivity contribution >= 4 is 11.9 Å². The van der Waals surface area contributed by atoms with Crippen LogP contribution in [0.15, 0.2) is 18.2 Å². The predicted octanol–water partition coefficient (Wildman–Crippen LogP) is 2.03. The molecule has 9 heteroatoms. The highest BCUT2D eigenvalue weighted by Gasteiger charge is 2.36. The van der Waals surface area contributed by atoms with E-state index in [2.05, 4.69) is 0 Å². The molecule has 1 amide bonds. The van der Waals surface area contributed by atoms with Crippen LogP contribution in [0.5, 0.6) is 0 Å². The Hall–Kier alpha value is -2.19. The van der Waals surface area contributed by atoms with E-state index >= 15 is 0 Å².